The highest BCUT2D eigenvalue weighted by atomic mass is 32.1. The third-order valence-corrected chi connectivity index (χ3v) is 5.30. The van der Waals surface area contributed by atoms with Crippen LogP contribution in [0.1, 0.15) is 17.0 Å². The normalized spacial score (nSPS) is 13.7. The number of carbonyl (C=O) groups is 1. The number of benzene rings is 2. The fourth-order valence-corrected chi connectivity index (χ4v) is 3.87. The summed E-state index contributed by atoms with van der Waals surface area (Å²) in [6, 6.07) is 13.7. The zero-order valence-electron chi connectivity index (χ0n) is 15.1. The molecule has 4 rings (SSSR count). The monoisotopic (exact) mass is 380 g/mol. The van der Waals surface area contributed by atoms with Gasteiger partial charge in [0.2, 0.25) is 5.91 Å². The van der Waals surface area contributed by atoms with E-state index in [9.17, 15) is 4.79 Å². The summed E-state index contributed by atoms with van der Waals surface area (Å²) in [5, 5.41) is 0.927. The molecule has 0 fully saturated rings. The molecule has 1 aromatic heterocycles. The van der Waals surface area contributed by atoms with Gasteiger partial charge < -0.3 is 14.4 Å². The Kier molecular flexibility index (Phi) is 5.07. The van der Waals surface area contributed by atoms with Gasteiger partial charge in [-0.15, -0.1) is 11.3 Å². The minimum Gasteiger partial charge on any atom is -0.490 e. The molecule has 0 unspecified atom stereocenters. The molecule has 2 aromatic carbocycles. The van der Waals surface area contributed by atoms with Crippen molar-refractivity contribution in [2.45, 2.75) is 13.0 Å². The van der Waals surface area contributed by atoms with E-state index in [1.165, 1.54) is 0 Å². The van der Waals surface area contributed by atoms with Crippen molar-refractivity contribution >= 4 is 33.5 Å². The van der Waals surface area contributed by atoms with Gasteiger partial charge in [-0.05, 0) is 35.9 Å². The molecule has 1 amide bonds. The smallest absolute Gasteiger partial charge is 0.246 e. The van der Waals surface area contributed by atoms with Crippen LogP contribution in [0.5, 0.6) is 11.5 Å². The fraction of sp³-hybridized carbons (Fsp3) is 0.238. The van der Waals surface area contributed by atoms with Crippen molar-refractivity contribution in [3.8, 4) is 11.5 Å². The predicted molar refractivity (Wildman–Crippen MR) is 107 cm³/mol. The molecule has 6 heteroatoms. The van der Waals surface area contributed by atoms with Gasteiger partial charge in [-0.2, -0.15) is 0 Å². The minimum atomic E-state index is -0.0682. The lowest BCUT2D eigenvalue weighted by Crippen LogP contribution is -2.23. The number of hydrogen-bond acceptors (Lipinski definition) is 5. The summed E-state index contributed by atoms with van der Waals surface area (Å²) in [4.78, 5) is 18.7. The molecule has 0 N–H and O–H groups in total. The van der Waals surface area contributed by atoms with Gasteiger partial charge in [0.1, 0.15) is 5.01 Å². The molecule has 5 nitrogen and oxygen atoms in total. The van der Waals surface area contributed by atoms with Crippen LogP contribution >= 0.6 is 11.3 Å². The van der Waals surface area contributed by atoms with Crippen LogP contribution in [0.25, 0.3) is 16.3 Å². The zero-order chi connectivity index (χ0) is 18.6. The summed E-state index contributed by atoms with van der Waals surface area (Å²) < 4.78 is 12.5. The summed E-state index contributed by atoms with van der Waals surface area (Å²) in [6.07, 6.45) is 4.24. The molecule has 0 aliphatic carbocycles. The van der Waals surface area contributed by atoms with Crippen LogP contribution in [0.2, 0.25) is 0 Å². The van der Waals surface area contributed by atoms with Crippen LogP contribution in [0.3, 0.4) is 0 Å². The van der Waals surface area contributed by atoms with Gasteiger partial charge in [-0.25, -0.2) is 4.98 Å². The SMILES string of the molecule is CN(Cc1nc2ccccc2s1)C(=O)/C=C/c1ccc2c(c1)OCCCO2. The summed E-state index contributed by atoms with van der Waals surface area (Å²) >= 11 is 1.62. The molecule has 0 saturated heterocycles. The Morgan fingerprint density at radius 1 is 1.19 bits per heavy atom. The lowest BCUT2D eigenvalue weighted by Gasteiger charge is -2.13. The van der Waals surface area contributed by atoms with E-state index in [2.05, 4.69) is 4.98 Å². The van der Waals surface area contributed by atoms with Gasteiger partial charge in [0.15, 0.2) is 11.5 Å². The maximum Gasteiger partial charge on any atom is 0.246 e. The quantitative estimate of drug-likeness (QED) is 0.639. The van der Waals surface area contributed by atoms with Gasteiger partial charge in [-0.3, -0.25) is 4.79 Å². The van der Waals surface area contributed by atoms with E-state index < -0.39 is 0 Å². The highest BCUT2D eigenvalue weighted by Crippen LogP contribution is 2.30. The summed E-state index contributed by atoms with van der Waals surface area (Å²) in [6.45, 7) is 1.80. The number of para-hydroxylation sites is 1. The summed E-state index contributed by atoms with van der Waals surface area (Å²) in [7, 11) is 1.78. The van der Waals surface area contributed by atoms with Gasteiger partial charge in [-0.1, -0.05) is 18.2 Å². The largest absolute Gasteiger partial charge is 0.490 e. The van der Waals surface area contributed by atoms with Crippen LogP contribution in [-0.4, -0.2) is 36.1 Å². The van der Waals surface area contributed by atoms with E-state index in [0.717, 1.165) is 38.7 Å². The van der Waals surface area contributed by atoms with E-state index in [-0.39, 0.29) is 5.91 Å². The predicted octanol–water partition coefficient (Wildman–Crippen LogP) is 4.13. The number of ether oxygens (including phenoxy) is 2. The van der Waals surface area contributed by atoms with E-state index >= 15 is 0 Å². The molecule has 1 aliphatic rings. The first-order valence-corrected chi connectivity index (χ1v) is 9.68. The highest BCUT2D eigenvalue weighted by molar-refractivity contribution is 7.18. The van der Waals surface area contributed by atoms with Crippen LogP contribution in [0, 0.1) is 0 Å². The number of thiazole rings is 1. The molecule has 0 saturated carbocycles. The Hall–Kier alpha value is -2.86. The van der Waals surface area contributed by atoms with Crippen LogP contribution in [0.15, 0.2) is 48.5 Å². The number of aromatic nitrogens is 1. The first kappa shape index (κ1) is 17.5. The second-order valence-corrected chi connectivity index (χ2v) is 7.47. The molecule has 3 aromatic rings. The number of nitrogens with zero attached hydrogens (tertiary/aromatic N) is 2. The number of fused-ring (bicyclic) bond motifs is 2. The lowest BCUT2D eigenvalue weighted by molar-refractivity contribution is -0.125. The molecule has 0 bridgehead atoms. The molecule has 2 heterocycles. The van der Waals surface area contributed by atoms with Crippen molar-refractivity contribution in [3.63, 3.8) is 0 Å². The van der Waals surface area contributed by atoms with E-state index in [4.69, 9.17) is 9.47 Å². The second-order valence-electron chi connectivity index (χ2n) is 6.36. The average molecular weight is 380 g/mol. The van der Waals surface area contributed by atoms with Crippen LogP contribution in [0.4, 0.5) is 0 Å². The summed E-state index contributed by atoms with van der Waals surface area (Å²) in [5.41, 5.74) is 1.88. The van der Waals surface area contributed by atoms with Crippen molar-refractivity contribution in [2.24, 2.45) is 0 Å². The Labute approximate surface area is 161 Å². The minimum absolute atomic E-state index is 0.0682. The number of hydrogen-bond donors (Lipinski definition) is 0. The van der Waals surface area contributed by atoms with Gasteiger partial charge in [0.25, 0.3) is 0 Å². The number of carbonyl (C=O) groups excluding carboxylic acids is 1. The molecular weight excluding hydrogens is 360 g/mol. The Bertz CT molecular complexity index is 963. The van der Waals surface area contributed by atoms with E-state index in [0.29, 0.717) is 19.8 Å². The number of amides is 1. The standard InChI is InChI=1S/C21H20N2O3S/c1-23(14-20-22-16-5-2-3-6-19(16)27-20)21(24)10-8-15-7-9-17-18(13-15)26-12-4-11-25-17/h2-3,5-10,13H,4,11-12,14H2,1H3/b10-8+. The molecule has 0 spiro atoms. The topological polar surface area (TPSA) is 51.7 Å². The van der Waals surface area contributed by atoms with Crippen molar-refractivity contribution in [1.82, 2.24) is 9.88 Å². The van der Waals surface area contributed by atoms with E-state index in [1.54, 1.807) is 35.4 Å². The Balaban J connectivity index is 1.42. The van der Waals surface area contributed by atoms with Crippen LogP contribution < -0.4 is 9.47 Å². The molecular formula is C21H20N2O3S. The van der Waals surface area contributed by atoms with Crippen molar-refractivity contribution < 1.29 is 14.3 Å². The third kappa shape index (κ3) is 4.11. The molecule has 138 valence electrons. The van der Waals surface area contributed by atoms with Crippen LogP contribution in [-0.2, 0) is 11.3 Å². The van der Waals surface area contributed by atoms with Gasteiger partial charge in [0.05, 0.1) is 30.0 Å². The average Bonchev–Trinajstić information content (AvgIpc) is 2.94. The van der Waals surface area contributed by atoms with Crippen molar-refractivity contribution in [2.75, 3.05) is 20.3 Å². The molecule has 1 aliphatic heterocycles. The second kappa shape index (κ2) is 7.80. The first-order valence-electron chi connectivity index (χ1n) is 8.86. The Morgan fingerprint density at radius 3 is 2.85 bits per heavy atom. The molecule has 0 atom stereocenters. The zero-order valence-corrected chi connectivity index (χ0v) is 15.9. The lowest BCUT2D eigenvalue weighted by atomic mass is 10.2. The maximum absolute atomic E-state index is 12.4. The Morgan fingerprint density at radius 2 is 2.00 bits per heavy atom. The highest BCUT2D eigenvalue weighted by Gasteiger charge is 2.12. The van der Waals surface area contributed by atoms with Gasteiger partial charge in [0, 0.05) is 19.5 Å². The van der Waals surface area contributed by atoms with Crippen molar-refractivity contribution in [3.05, 3.63) is 59.1 Å². The summed E-state index contributed by atoms with van der Waals surface area (Å²) in [5.74, 6) is 1.41. The fourth-order valence-electron chi connectivity index (χ4n) is 2.85. The first-order chi connectivity index (χ1) is 13.2. The maximum atomic E-state index is 12.4. The van der Waals surface area contributed by atoms with Crippen molar-refractivity contribution in [1.29, 1.82) is 0 Å². The molecule has 0 radical (unpaired) electrons. The van der Waals surface area contributed by atoms with E-state index in [1.807, 2.05) is 42.5 Å². The van der Waals surface area contributed by atoms with Gasteiger partial charge >= 0.3 is 0 Å². The third-order valence-electron chi connectivity index (χ3n) is 4.28. The number of rotatable bonds is 4. The number of likely N-dealkylation sites (N-methyl/N-ethyl adjacent to an activating group) is 1. The molecule has 27 heavy (non-hydrogen) atoms.